The van der Waals surface area contributed by atoms with Gasteiger partial charge in [0.25, 0.3) is 5.91 Å². The number of hydrogen-bond acceptors (Lipinski definition) is 2. The zero-order valence-corrected chi connectivity index (χ0v) is 12.0. The van der Waals surface area contributed by atoms with Crippen LogP contribution in [-0.4, -0.2) is 19.1 Å². The summed E-state index contributed by atoms with van der Waals surface area (Å²) < 4.78 is 44.5. The standard InChI is InChI=1S/C15H11ClF3NO2/c16-9-1-3-10(4-2-9)22-8-7-20-15(21)11-5-6-12(17)14(19)13(11)18/h1-6H,7-8H2,(H,20,21). The van der Waals surface area contributed by atoms with Crippen LogP contribution < -0.4 is 10.1 Å². The fourth-order valence-electron chi connectivity index (χ4n) is 1.66. The number of ether oxygens (including phenoxy) is 1. The maximum atomic E-state index is 13.4. The van der Waals surface area contributed by atoms with Crippen molar-refractivity contribution in [2.75, 3.05) is 13.2 Å². The predicted octanol–water partition coefficient (Wildman–Crippen LogP) is 3.57. The molecule has 0 heterocycles. The molecule has 0 atom stereocenters. The smallest absolute Gasteiger partial charge is 0.254 e. The van der Waals surface area contributed by atoms with Crippen LogP contribution in [0.2, 0.25) is 5.02 Å². The van der Waals surface area contributed by atoms with E-state index in [1.165, 1.54) is 0 Å². The molecular weight excluding hydrogens is 319 g/mol. The fourth-order valence-corrected chi connectivity index (χ4v) is 1.79. The lowest BCUT2D eigenvalue weighted by Crippen LogP contribution is -2.29. The highest BCUT2D eigenvalue weighted by molar-refractivity contribution is 6.30. The number of amides is 1. The summed E-state index contributed by atoms with van der Waals surface area (Å²) in [7, 11) is 0. The van der Waals surface area contributed by atoms with E-state index in [0.29, 0.717) is 16.8 Å². The molecule has 0 saturated heterocycles. The lowest BCUT2D eigenvalue weighted by molar-refractivity contribution is 0.0941. The van der Waals surface area contributed by atoms with Gasteiger partial charge in [0.05, 0.1) is 12.1 Å². The van der Waals surface area contributed by atoms with E-state index in [-0.39, 0.29) is 13.2 Å². The van der Waals surface area contributed by atoms with Gasteiger partial charge in [-0.2, -0.15) is 0 Å². The van der Waals surface area contributed by atoms with Crippen LogP contribution in [0.1, 0.15) is 10.4 Å². The average Bonchev–Trinajstić information content (AvgIpc) is 2.51. The monoisotopic (exact) mass is 329 g/mol. The number of hydrogen-bond donors (Lipinski definition) is 1. The Morgan fingerprint density at radius 1 is 1.05 bits per heavy atom. The Morgan fingerprint density at radius 3 is 2.41 bits per heavy atom. The number of rotatable bonds is 5. The third kappa shape index (κ3) is 3.92. The van der Waals surface area contributed by atoms with Gasteiger partial charge in [0.2, 0.25) is 0 Å². The van der Waals surface area contributed by atoms with Crippen LogP contribution in [0.5, 0.6) is 5.75 Å². The summed E-state index contributed by atoms with van der Waals surface area (Å²) in [5.41, 5.74) is -0.564. The largest absolute Gasteiger partial charge is 0.492 e. The van der Waals surface area contributed by atoms with E-state index in [2.05, 4.69) is 5.32 Å². The van der Waals surface area contributed by atoms with Gasteiger partial charge in [-0.25, -0.2) is 13.2 Å². The van der Waals surface area contributed by atoms with E-state index in [1.807, 2.05) is 0 Å². The molecule has 22 heavy (non-hydrogen) atoms. The van der Waals surface area contributed by atoms with E-state index >= 15 is 0 Å². The van der Waals surface area contributed by atoms with Gasteiger partial charge in [0.1, 0.15) is 12.4 Å². The van der Waals surface area contributed by atoms with E-state index < -0.39 is 28.9 Å². The van der Waals surface area contributed by atoms with Gasteiger partial charge >= 0.3 is 0 Å². The highest BCUT2D eigenvalue weighted by atomic mass is 35.5. The molecule has 0 saturated carbocycles. The van der Waals surface area contributed by atoms with Crippen LogP contribution in [0.15, 0.2) is 36.4 Å². The van der Waals surface area contributed by atoms with E-state index in [1.54, 1.807) is 24.3 Å². The third-order valence-electron chi connectivity index (χ3n) is 2.75. The van der Waals surface area contributed by atoms with Crippen molar-refractivity contribution in [1.82, 2.24) is 5.32 Å². The molecule has 7 heteroatoms. The van der Waals surface area contributed by atoms with Crippen molar-refractivity contribution in [3.63, 3.8) is 0 Å². The molecule has 3 nitrogen and oxygen atoms in total. The molecule has 0 unspecified atom stereocenters. The summed E-state index contributed by atoms with van der Waals surface area (Å²) in [4.78, 5) is 11.7. The van der Waals surface area contributed by atoms with Crippen molar-refractivity contribution in [2.45, 2.75) is 0 Å². The van der Waals surface area contributed by atoms with Gasteiger partial charge in [0.15, 0.2) is 17.5 Å². The molecule has 2 rings (SSSR count). The summed E-state index contributed by atoms with van der Waals surface area (Å²) in [5, 5.41) is 2.91. The highest BCUT2D eigenvalue weighted by Gasteiger charge is 2.18. The van der Waals surface area contributed by atoms with Crippen molar-refractivity contribution in [3.8, 4) is 5.75 Å². The Bertz CT molecular complexity index is 677. The van der Waals surface area contributed by atoms with Crippen LogP contribution in [0.4, 0.5) is 13.2 Å². The first kappa shape index (κ1) is 16.2. The van der Waals surface area contributed by atoms with Crippen molar-refractivity contribution in [3.05, 3.63) is 64.4 Å². The Labute approximate surface area is 129 Å². The average molecular weight is 330 g/mol. The van der Waals surface area contributed by atoms with Crippen LogP contribution in [0, 0.1) is 17.5 Å². The van der Waals surface area contributed by atoms with Crippen molar-refractivity contribution in [2.24, 2.45) is 0 Å². The van der Waals surface area contributed by atoms with Crippen LogP contribution in [0.3, 0.4) is 0 Å². The minimum atomic E-state index is -1.68. The van der Waals surface area contributed by atoms with Crippen molar-refractivity contribution < 1.29 is 22.7 Å². The number of nitrogens with one attached hydrogen (secondary N) is 1. The Morgan fingerprint density at radius 2 is 1.73 bits per heavy atom. The second-order valence-electron chi connectivity index (χ2n) is 4.28. The molecule has 0 aliphatic heterocycles. The normalized spacial score (nSPS) is 10.4. The predicted molar refractivity (Wildman–Crippen MR) is 75.6 cm³/mol. The number of carbonyl (C=O) groups excluding carboxylic acids is 1. The van der Waals surface area contributed by atoms with Crippen LogP contribution >= 0.6 is 11.6 Å². The first-order valence-electron chi connectivity index (χ1n) is 6.29. The fraction of sp³-hybridized carbons (Fsp3) is 0.133. The van der Waals surface area contributed by atoms with E-state index in [4.69, 9.17) is 16.3 Å². The zero-order valence-electron chi connectivity index (χ0n) is 11.2. The minimum Gasteiger partial charge on any atom is -0.492 e. The van der Waals surface area contributed by atoms with Gasteiger partial charge in [-0.15, -0.1) is 0 Å². The van der Waals surface area contributed by atoms with Gasteiger partial charge < -0.3 is 10.1 Å². The van der Waals surface area contributed by atoms with Crippen molar-refractivity contribution >= 4 is 17.5 Å². The third-order valence-corrected chi connectivity index (χ3v) is 3.00. The molecular formula is C15H11ClF3NO2. The quantitative estimate of drug-likeness (QED) is 0.673. The molecule has 0 fully saturated rings. The second-order valence-corrected chi connectivity index (χ2v) is 4.72. The molecule has 1 N–H and O–H groups in total. The first-order valence-corrected chi connectivity index (χ1v) is 6.67. The molecule has 2 aromatic carbocycles. The molecule has 0 aliphatic rings. The van der Waals surface area contributed by atoms with Gasteiger partial charge in [-0.3, -0.25) is 4.79 Å². The summed E-state index contributed by atoms with van der Waals surface area (Å²) >= 11 is 5.72. The van der Waals surface area contributed by atoms with E-state index in [9.17, 15) is 18.0 Å². The van der Waals surface area contributed by atoms with Gasteiger partial charge in [-0.1, -0.05) is 11.6 Å². The number of halogens is 4. The SMILES string of the molecule is O=C(NCCOc1ccc(Cl)cc1)c1ccc(F)c(F)c1F. The number of carbonyl (C=O) groups is 1. The van der Waals surface area contributed by atoms with Crippen molar-refractivity contribution in [1.29, 1.82) is 0 Å². The van der Waals surface area contributed by atoms with E-state index in [0.717, 1.165) is 6.07 Å². The Balaban J connectivity index is 1.85. The maximum Gasteiger partial charge on any atom is 0.254 e. The number of benzene rings is 2. The minimum absolute atomic E-state index is 0.0693. The van der Waals surface area contributed by atoms with Gasteiger partial charge in [0, 0.05) is 5.02 Å². The van der Waals surface area contributed by atoms with Crippen LogP contribution in [0.25, 0.3) is 0 Å². The summed E-state index contributed by atoms with van der Waals surface area (Å²) in [6.45, 7) is 0.193. The Kier molecular flexibility index (Phi) is 5.27. The van der Waals surface area contributed by atoms with Gasteiger partial charge in [-0.05, 0) is 36.4 Å². The molecule has 2 aromatic rings. The molecule has 0 bridgehead atoms. The molecule has 1 amide bonds. The first-order chi connectivity index (χ1) is 10.5. The Hall–Kier alpha value is -2.21. The summed E-state index contributed by atoms with van der Waals surface area (Å²) in [6.07, 6.45) is 0. The molecule has 0 aliphatic carbocycles. The maximum absolute atomic E-state index is 13.4. The highest BCUT2D eigenvalue weighted by Crippen LogP contribution is 2.16. The van der Waals surface area contributed by atoms with Crippen LogP contribution in [-0.2, 0) is 0 Å². The summed E-state index contributed by atoms with van der Waals surface area (Å²) in [5.74, 6) is -4.84. The lowest BCUT2D eigenvalue weighted by atomic mass is 10.2. The summed E-state index contributed by atoms with van der Waals surface area (Å²) in [6, 6.07) is 8.16. The zero-order chi connectivity index (χ0) is 16.1. The molecule has 116 valence electrons. The molecule has 0 spiro atoms. The molecule has 0 aromatic heterocycles. The second kappa shape index (κ2) is 7.17. The topological polar surface area (TPSA) is 38.3 Å². The molecule has 0 radical (unpaired) electrons. The lowest BCUT2D eigenvalue weighted by Gasteiger charge is -2.08.